The van der Waals surface area contributed by atoms with E-state index >= 15 is 0 Å². The molecule has 166 valence electrons. The Morgan fingerprint density at radius 1 is 1.10 bits per heavy atom. The molecule has 2 aromatic rings. The van der Waals surface area contributed by atoms with Crippen molar-refractivity contribution in [3.8, 4) is 11.5 Å². The maximum atomic E-state index is 13.1. The first-order valence-electron chi connectivity index (χ1n) is 10.2. The van der Waals surface area contributed by atoms with E-state index in [2.05, 4.69) is 18.7 Å². The summed E-state index contributed by atoms with van der Waals surface area (Å²) in [5.41, 5.74) is 0.311. The van der Waals surface area contributed by atoms with E-state index in [1.807, 2.05) is 17.5 Å². The van der Waals surface area contributed by atoms with Crippen LogP contribution in [-0.2, 0) is 9.59 Å². The molecule has 1 aromatic carbocycles. The molecule has 0 radical (unpaired) electrons. The van der Waals surface area contributed by atoms with E-state index in [0.717, 1.165) is 18.0 Å². The number of ether oxygens (including phenoxy) is 2. The highest BCUT2D eigenvalue weighted by Gasteiger charge is 2.47. The number of rotatable bonds is 9. The lowest BCUT2D eigenvalue weighted by Crippen LogP contribution is -2.37. The maximum Gasteiger partial charge on any atom is 0.295 e. The van der Waals surface area contributed by atoms with Crippen LogP contribution in [-0.4, -0.2) is 67.0 Å². The second-order valence-electron chi connectivity index (χ2n) is 7.07. The molecule has 31 heavy (non-hydrogen) atoms. The van der Waals surface area contributed by atoms with Crippen molar-refractivity contribution < 1.29 is 24.2 Å². The van der Waals surface area contributed by atoms with E-state index in [0.29, 0.717) is 24.6 Å². The highest BCUT2D eigenvalue weighted by atomic mass is 32.1. The molecule has 0 aliphatic carbocycles. The predicted octanol–water partition coefficient (Wildman–Crippen LogP) is 3.53. The first-order chi connectivity index (χ1) is 15.0. The zero-order valence-corrected chi connectivity index (χ0v) is 19.1. The Morgan fingerprint density at radius 3 is 2.26 bits per heavy atom. The molecule has 7 nitrogen and oxygen atoms in total. The number of nitrogens with zero attached hydrogens (tertiary/aromatic N) is 2. The number of aliphatic hydroxyl groups excluding tert-OH is 1. The third kappa shape index (κ3) is 4.31. The van der Waals surface area contributed by atoms with Gasteiger partial charge in [-0.2, -0.15) is 0 Å². The molecule has 0 saturated carbocycles. The third-order valence-electron chi connectivity index (χ3n) is 5.57. The van der Waals surface area contributed by atoms with Crippen molar-refractivity contribution in [3.05, 3.63) is 51.7 Å². The molecule has 8 heteroatoms. The molecule has 1 unspecified atom stereocenters. The zero-order valence-electron chi connectivity index (χ0n) is 18.3. The Labute approximate surface area is 186 Å². The fourth-order valence-electron chi connectivity index (χ4n) is 3.86. The normalized spacial score (nSPS) is 18.1. The maximum absolute atomic E-state index is 13.1. The van der Waals surface area contributed by atoms with E-state index in [-0.39, 0.29) is 16.9 Å². The quantitative estimate of drug-likeness (QED) is 0.362. The van der Waals surface area contributed by atoms with E-state index in [4.69, 9.17) is 9.47 Å². The predicted molar refractivity (Wildman–Crippen MR) is 121 cm³/mol. The molecule has 1 aliphatic heterocycles. The van der Waals surface area contributed by atoms with Gasteiger partial charge in [0.15, 0.2) is 0 Å². The minimum Gasteiger partial charge on any atom is -0.506 e. The topological polar surface area (TPSA) is 79.3 Å². The van der Waals surface area contributed by atoms with Crippen LogP contribution in [0.25, 0.3) is 5.76 Å². The molecule has 1 fully saturated rings. The molecular weight excluding hydrogens is 416 g/mol. The Morgan fingerprint density at radius 2 is 1.74 bits per heavy atom. The van der Waals surface area contributed by atoms with Crippen molar-refractivity contribution in [1.82, 2.24) is 9.80 Å². The minimum absolute atomic E-state index is 0.0507. The molecule has 1 atom stereocenters. The van der Waals surface area contributed by atoms with Crippen LogP contribution >= 0.6 is 11.3 Å². The smallest absolute Gasteiger partial charge is 0.295 e. The molecule has 1 N–H and O–H groups in total. The van der Waals surface area contributed by atoms with Crippen LogP contribution in [0.1, 0.15) is 30.3 Å². The van der Waals surface area contributed by atoms with Gasteiger partial charge in [0.05, 0.1) is 25.8 Å². The van der Waals surface area contributed by atoms with Gasteiger partial charge in [-0.05, 0) is 36.7 Å². The van der Waals surface area contributed by atoms with Crippen molar-refractivity contribution in [2.24, 2.45) is 0 Å². The second-order valence-corrected chi connectivity index (χ2v) is 8.05. The molecule has 1 saturated heterocycles. The van der Waals surface area contributed by atoms with Crippen LogP contribution in [0.5, 0.6) is 11.5 Å². The second kappa shape index (κ2) is 9.98. The number of hydrogen-bond donors (Lipinski definition) is 1. The molecule has 2 heterocycles. The number of benzene rings is 1. The van der Waals surface area contributed by atoms with Gasteiger partial charge in [-0.3, -0.25) is 9.59 Å². The standard InChI is InChI=1S/C23H28N2O5S/c1-5-24(6-2)12-13-25-20(17-11-8-14-31-17)19(22(27)23(25)28)21(26)18-15(29-3)9-7-10-16(18)30-4/h7-11,14,20,26H,5-6,12-13H2,1-4H3/b21-19+. The highest BCUT2D eigenvalue weighted by molar-refractivity contribution is 7.10. The van der Waals surface area contributed by atoms with E-state index in [1.54, 1.807) is 23.1 Å². The van der Waals surface area contributed by atoms with Gasteiger partial charge in [-0.1, -0.05) is 26.0 Å². The van der Waals surface area contributed by atoms with E-state index in [1.165, 1.54) is 25.6 Å². The van der Waals surface area contributed by atoms with Crippen LogP contribution in [0, 0.1) is 0 Å². The summed E-state index contributed by atoms with van der Waals surface area (Å²) in [5, 5.41) is 13.2. The monoisotopic (exact) mass is 444 g/mol. The Balaban J connectivity index is 2.14. The van der Waals surface area contributed by atoms with Gasteiger partial charge in [-0.25, -0.2) is 0 Å². The van der Waals surface area contributed by atoms with Gasteiger partial charge >= 0.3 is 0 Å². The number of carbonyl (C=O) groups excluding carboxylic acids is 2. The summed E-state index contributed by atoms with van der Waals surface area (Å²) in [4.78, 5) is 30.7. The summed E-state index contributed by atoms with van der Waals surface area (Å²) >= 11 is 1.44. The third-order valence-corrected chi connectivity index (χ3v) is 6.49. The fraction of sp³-hybridized carbons (Fsp3) is 0.391. The van der Waals surface area contributed by atoms with Crippen molar-refractivity contribution in [1.29, 1.82) is 0 Å². The molecule has 0 spiro atoms. The number of methoxy groups -OCH3 is 2. The van der Waals surface area contributed by atoms with Crippen LogP contribution in [0.4, 0.5) is 0 Å². The van der Waals surface area contributed by atoms with Crippen molar-refractivity contribution in [2.45, 2.75) is 19.9 Å². The number of ketones is 1. The summed E-state index contributed by atoms with van der Waals surface area (Å²) in [6.07, 6.45) is 0. The molecule has 1 amide bonds. The summed E-state index contributed by atoms with van der Waals surface area (Å²) in [6.45, 7) is 6.84. The molecule has 1 aromatic heterocycles. The Hall–Kier alpha value is -2.84. The largest absolute Gasteiger partial charge is 0.506 e. The summed E-state index contributed by atoms with van der Waals surface area (Å²) in [7, 11) is 2.95. The van der Waals surface area contributed by atoms with Gasteiger partial charge < -0.3 is 24.4 Å². The average molecular weight is 445 g/mol. The van der Waals surface area contributed by atoms with Crippen molar-refractivity contribution in [3.63, 3.8) is 0 Å². The Bertz CT molecular complexity index is 944. The van der Waals surface area contributed by atoms with E-state index in [9.17, 15) is 14.7 Å². The number of thiophene rings is 1. The van der Waals surface area contributed by atoms with Gasteiger partial charge in [-0.15, -0.1) is 11.3 Å². The van der Waals surface area contributed by atoms with Gasteiger partial charge in [0, 0.05) is 18.0 Å². The number of aliphatic hydroxyl groups is 1. The number of Topliss-reactive ketones (excluding diaryl/α,β-unsaturated/α-hetero) is 1. The number of likely N-dealkylation sites (tertiary alicyclic amines) is 1. The van der Waals surface area contributed by atoms with Gasteiger partial charge in [0.2, 0.25) is 0 Å². The van der Waals surface area contributed by atoms with Crippen LogP contribution < -0.4 is 9.47 Å². The lowest BCUT2D eigenvalue weighted by atomic mass is 9.98. The SMILES string of the molecule is CCN(CC)CCN1C(=O)C(=O)/C(=C(/O)c2c(OC)cccc2OC)C1c1cccs1. The van der Waals surface area contributed by atoms with E-state index < -0.39 is 17.7 Å². The van der Waals surface area contributed by atoms with Crippen LogP contribution in [0.15, 0.2) is 41.3 Å². The number of hydrogen-bond acceptors (Lipinski definition) is 7. The van der Waals surface area contributed by atoms with Gasteiger partial charge in [0.1, 0.15) is 22.8 Å². The first-order valence-corrected chi connectivity index (χ1v) is 11.1. The summed E-state index contributed by atoms with van der Waals surface area (Å²) in [5.74, 6) is -0.895. The van der Waals surface area contributed by atoms with Gasteiger partial charge in [0.25, 0.3) is 11.7 Å². The molecule has 0 bridgehead atoms. The number of carbonyl (C=O) groups is 2. The van der Waals surface area contributed by atoms with Crippen LogP contribution in [0.2, 0.25) is 0 Å². The minimum atomic E-state index is -0.705. The van der Waals surface area contributed by atoms with Crippen LogP contribution in [0.3, 0.4) is 0 Å². The lowest BCUT2D eigenvalue weighted by Gasteiger charge is -2.27. The number of amides is 1. The molecule has 1 aliphatic rings. The molecular formula is C23H28N2O5S. The summed E-state index contributed by atoms with van der Waals surface area (Å²) < 4.78 is 10.8. The average Bonchev–Trinajstić information content (AvgIpc) is 3.41. The Kier molecular flexibility index (Phi) is 7.35. The first kappa shape index (κ1) is 22.8. The van der Waals surface area contributed by atoms with Crippen molar-refractivity contribution >= 4 is 28.8 Å². The fourth-order valence-corrected chi connectivity index (χ4v) is 4.71. The molecule has 3 rings (SSSR count). The zero-order chi connectivity index (χ0) is 22.5. The van der Waals surface area contributed by atoms with Crippen molar-refractivity contribution in [2.75, 3.05) is 40.4 Å². The summed E-state index contributed by atoms with van der Waals surface area (Å²) in [6, 6.07) is 8.16. The lowest BCUT2D eigenvalue weighted by molar-refractivity contribution is -0.140. The highest BCUT2D eigenvalue weighted by Crippen LogP contribution is 2.44. The number of likely N-dealkylation sites (N-methyl/N-ethyl adjacent to an activating group) is 1.